The van der Waals surface area contributed by atoms with Crippen LogP contribution in [0.3, 0.4) is 0 Å². The van der Waals surface area contributed by atoms with Crippen molar-refractivity contribution < 1.29 is 14.0 Å². The molecule has 2 aromatic rings. The van der Waals surface area contributed by atoms with Crippen LogP contribution in [-0.2, 0) is 6.54 Å². The largest absolute Gasteiger partial charge is 0.368 e. The number of carbonyl (C=O) groups is 2. The number of hydrogen-bond acceptors (Lipinski definition) is 5. The fourth-order valence-corrected chi connectivity index (χ4v) is 4.62. The summed E-state index contributed by atoms with van der Waals surface area (Å²) in [5.41, 5.74) is 2.67. The van der Waals surface area contributed by atoms with Crippen molar-refractivity contribution in [3.05, 3.63) is 102 Å². The zero-order chi connectivity index (χ0) is 26.2. The van der Waals surface area contributed by atoms with Crippen molar-refractivity contribution in [2.45, 2.75) is 13.5 Å². The predicted octanol–water partition coefficient (Wildman–Crippen LogP) is 3.58. The number of carbonyl (C=O) groups excluding carboxylic acids is 2. The molecule has 1 aromatic carbocycles. The maximum Gasteiger partial charge on any atom is 0.272 e. The third-order valence-corrected chi connectivity index (χ3v) is 6.77. The van der Waals surface area contributed by atoms with Crippen LogP contribution in [0.1, 0.15) is 33.5 Å². The third-order valence-electron chi connectivity index (χ3n) is 6.77. The first-order valence-electron chi connectivity index (χ1n) is 12.7. The number of allylic oxidation sites excluding steroid dienone is 4. The molecule has 0 saturated carbocycles. The Labute approximate surface area is 218 Å². The molecule has 2 fully saturated rings. The molecule has 2 aliphatic rings. The molecule has 37 heavy (non-hydrogen) atoms. The summed E-state index contributed by atoms with van der Waals surface area (Å²) in [5, 5.41) is 0. The van der Waals surface area contributed by atoms with Crippen LogP contribution >= 0.6 is 0 Å². The number of benzene rings is 1. The van der Waals surface area contributed by atoms with Crippen LogP contribution in [-0.4, -0.2) is 88.8 Å². The van der Waals surface area contributed by atoms with Crippen molar-refractivity contribution in [1.29, 1.82) is 0 Å². The van der Waals surface area contributed by atoms with Crippen LogP contribution in [0.2, 0.25) is 0 Å². The van der Waals surface area contributed by atoms with Gasteiger partial charge in [0.1, 0.15) is 17.2 Å². The van der Waals surface area contributed by atoms with Crippen LogP contribution in [0.4, 0.5) is 4.39 Å². The number of halogens is 1. The van der Waals surface area contributed by atoms with E-state index in [9.17, 15) is 14.0 Å². The number of amides is 2. The van der Waals surface area contributed by atoms with Gasteiger partial charge in [0.15, 0.2) is 0 Å². The summed E-state index contributed by atoms with van der Waals surface area (Å²) in [6, 6.07) is 11.6. The van der Waals surface area contributed by atoms with Gasteiger partial charge in [0.25, 0.3) is 11.8 Å². The van der Waals surface area contributed by atoms with Gasteiger partial charge in [-0.3, -0.25) is 14.5 Å². The fraction of sp³-hybridized carbons (Fsp3) is 0.345. The normalized spacial score (nSPS) is 17.4. The monoisotopic (exact) mass is 503 g/mol. The number of aromatic nitrogens is 1. The highest BCUT2D eigenvalue weighted by Crippen LogP contribution is 2.15. The second kappa shape index (κ2) is 12.5. The van der Waals surface area contributed by atoms with E-state index >= 15 is 0 Å². The second-order valence-electron chi connectivity index (χ2n) is 9.20. The van der Waals surface area contributed by atoms with E-state index in [1.807, 2.05) is 31.2 Å². The number of nitrogens with zero attached hydrogens (tertiary/aromatic N) is 5. The minimum absolute atomic E-state index is 0.156. The summed E-state index contributed by atoms with van der Waals surface area (Å²) in [7, 11) is 0. The minimum atomic E-state index is -0.242. The summed E-state index contributed by atoms with van der Waals surface area (Å²) >= 11 is 0. The molecule has 7 nitrogen and oxygen atoms in total. The van der Waals surface area contributed by atoms with E-state index in [2.05, 4.69) is 21.4 Å². The van der Waals surface area contributed by atoms with E-state index in [1.54, 1.807) is 40.1 Å². The van der Waals surface area contributed by atoms with Crippen LogP contribution in [0.5, 0.6) is 0 Å². The van der Waals surface area contributed by atoms with Crippen LogP contribution in [0, 0.1) is 5.82 Å². The molecule has 2 aliphatic heterocycles. The third kappa shape index (κ3) is 6.71. The Morgan fingerprint density at radius 2 is 1.41 bits per heavy atom. The maximum atomic E-state index is 13.2. The molecule has 0 N–H and O–H groups in total. The number of hydrogen-bond donors (Lipinski definition) is 0. The zero-order valence-electron chi connectivity index (χ0n) is 21.4. The molecule has 0 spiro atoms. The molecule has 2 amide bonds. The fourth-order valence-electron chi connectivity index (χ4n) is 4.62. The SMILES string of the molecule is C=C/C(=C\C=C/C)N1CCN(C(=O)c2cccc(C(=O)N3CCN(Cc4ccc(F)cc4)CC3)n2)CC1. The number of rotatable bonds is 7. The average Bonchev–Trinajstić information content (AvgIpc) is 2.95. The Kier molecular flexibility index (Phi) is 8.85. The van der Waals surface area contributed by atoms with E-state index in [4.69, 9.17) is 0 Å². The van der Waals surface area contributed by atoms with Crippen molar-refractivity contribution in [2.75, 3.05) is 52.4 Å². The van der Waals surface area contributed by atoms with Crippen LogP contribution < -0.4 is 0 Å². The molecule has 0 radical (unpaired) electrons. The van der Waals surface area contributed by atoms with E-state index in [0.29, 0.717) is 50.7 Å². The van der Waals surface area contributed by atoms with Gasteiger partial charge in [0, 0.05) is 64.6 Å². The standard InChI is InChI=1S/C29H34FN5O2/c1-3-5-7-25(4-2)33-18-20-35(21-19-33)29(37)27-9-6-8-26(31-27)28(36)34-16-14-32(15-17-34)22-23-10-12-24(30)13-11-23/h3-13H,2,14-22H2,1H3/b5-3-,25-7+. The summed E-state index contributed by atoms with van der Waals surface area (Å²) in [5.74, 6) is -0.560. The van der Waals surface area contributed by atoms with Gasteiger partial charge in [-0.05, 0) is 48.9 Å². The molecule has 1 aromatic heterocycles. The van der Waals surface area contributed by atoms with Gasteiger partial charge in [0.2, 0.25) is 0 Å². The highest BCUT2D eigenvalue weighted by atomic mass is 19.1. The van der Waals surface area contributed by atoms with E-state index in [-0.39, 0.29) is 17.6 Å². The lowest BCUT2D eigenvalue weighted by Crippen LogP contribution is -2.49. The molecule has 2 saturated heterocycles. The molecular weight excluding hydrogens is 469 g/mol. The highest BCUT2D eigenvalue weighted by Gasteiger charge is 2.26. The quantitative estimate of drug-likeness (QED) is 0.541. The Morgan fingerprint density at radius 3 is 1.95 bits per heavy atom. The van der Waals surface area contributed by atoms with Gasteiger partial charge in [-0.25, -0.2) is 9.37 Å². The lowest BCUT2D eigenvalue weighted by Gasteiger charge is -2.36. The van der Waals surface area contributed by atoms with Gasteiger partial charge in [-0.1, -0.05) is 36.9 Å². The minimum Gasteiger partial charge on any atom is -0.368 e. The van der Waals surface area contributed by atoms with Crippen molar-refractivity contribution >= 4 is 11.8 Å². The molecule has 8 heteroatoms. The molecule has 3 heterocycles. The average molecular weight is 504 g/mol. The Hall–Kier alpha value is -3.78. The molecule has 0 bridgehead atoms. The molecular formula is C29H34FN5O2. The molecule has 194 valence electrons. The maximum absolute atomic E-state index is 13.2. The summed E-state index contributed by atoms with van der Waals surface area (Å²) < 4.78 is 13.1. The molecule has 4 rings (SSSR count). The predicted molar refractivity (Wildman–Crippen MR) is 142 cm³/mol. The zero-order valence-corrected chi connectivity index (χ0v) is 21.4. The van der Waals surface area contributed by atoms with Crippen LogP contribution in [0.15, 0.2) is 79.0 Å². The summed E-state index contributed by atoms with van der Waals surface area (Å²) in [6.45, 7) is 11.8. The van der Waals surface area contributed by atoms with E-state index in [0.717, 1.165) is 30.9 Å². The van der Waals surface area contributed by atoms with Crippen LogP contribution in [0.25, 0.3) is 0 Å². The summed E-state index contributed by atoms with van der Waals surface area (Å²) in [4.78, 5) is 38.8. The lowest BCUT2D eigenvalue weighted by atomic mass is 10.2. The first kappa shape index (κ1) is 26.3. The van der Waals surface area contributed by atoms with E-state index in [1.165, 1.54) is 12.1 Å². The first-order chi connectivity index (χ1) is 18.0. The Balaban J connectivity index is 1.32. The smallest absolute Gasteiger partial charge is 0.272 e. The number of pyridine rings is 1. The lowest BCUT2D eigenvalue weighted by molar-refractivity contribution is 0.0621. The van der Waals surface area contributed by atoms with E-state index < -0.39 is 0 Å². The van der Waals surface area contributed by atoms with Gasteiger partial charge in [-0.15, -0.1) is 0 Å². The van der Waals surface area contributed by atoms with Crippen molar-refractivity contribution in [1.82, 2.24) is 24.6 Å². The molecule has 0 aliphatic carbocycles. The van der Waals surface area contributed by atoms with Crippen molar-refractivity contribution in [2.24, 2.45) is 0 Å². The molecule has 0 unspecified atom stereocenters. The second-order valence-corrected chi connectivity index (χ2v) is 9.20. The Bertz CT molecular complexity index is 1160. The van der Waals surface area contributed by atoms with Gasteiger partial charge in [0.05, 0.1) is 0 Å². The van der Waals surface area contributed by atoms with Gasteiger partial charge in [-0.2, -0.15) is 0 Å². The highest BCUT2D eigenvalue weighted by molar-refractivity contribution is 5.96. The van der Waals surface area contributed by atoms with Crippen molar-refractivity contribution in [3.8, 4) is 0 Å². The topological polar surface area (TPSA) is 60.0 Å². The van der Waals surface area contributed by atoms with Crippen molar-refractivity contribution in [3.63, 3.8) is 0 Å². The summed E-state index contributed by atoms with van der Waals surface area (Å²) in [6.07, 6.45) is 7.80. The van der Waals surface area contributed by atoms with Gasteiger partial charge < -0.3 is 14.7 Å². The Morgan fingerprint density at radius 1 is 0.865 bits per heavy atom. The van der Waals surface area contributed by atoms with Gasteiger partial charge >= 0.3 is 0 Å². The molecule has 0 atom stereocenters. The first-order valence-corrected chi connectivity index (χ1v) is 12.7. The number of piperazine rings is 2.